The zero-order valence-corrected chi connectivity index (χ0v) is 15.6. The molecule has 0 aliphatic carbocycles. The van der Waals surface area contributed by atoms with E-state index in [-0.39, 0.29) is 11.1 Å². The summed E-state index contributed by atoms with van der Waals surface area (Å²) in [5.41, 5.74) is 1.10. The normalized spacial score (nSPS) is 10.8. The summed E-state index contributed by atoms with van der Waals surface area (Å²) in [4.78, 5) is 24.9. The molecule has 1 N–H and O–H groups in total. The van der Waals surface area contributed by atoms with Crippen molar-refractivity contribution < 1.29 is 4.79 Å². The molecule has 2 aromatic carbocycles. The number of rotatable bonds is 3. The molecule has 0 atom stereocenters. The number of aryl methyl sites for hydroxylation is 1. The fourth-order valence-corrected chi connectivity index (χ4v) is 2.98. The maximum absolute atomic E-state index is 12.6. The highest BCUT2D eigenvalue weighted by atomic mass is 127. The van der Waals surface area contributed by atoms with E-state index in [1.54, 1.807) is 29.9 Å². The number of carbonyl (C=O) groups excluding carboxylic acids is 1. The Bertz CT molecular complexity index is 984. The van der Waals surface area contributed by atoms with E-state index in [1.165, 1.54) is 0 Å². The van der Waals surface area contributed by atoms with Gasteiger partial charge in [-0.1, -0.05) is 23.7 Å². The second-order valence-corrected chi connectivity index (χ2v) is 6.95. The number of carbonyl (C=O) groups is 1. The summed E-state index contributed by atoms with van der Waals surface area (Å²) in [6.45, 7) is 0.297. The van der Waals surface area contributed by atoms with Crippen molar-refractivity contribution in [3.05, 3.63) is 72.5 Å². The Morgan fingerprint density at radius 1 is 1.25 bits per heavy atom. The first-order valence-electron chi connectivity index (χ1n) is 7.15. The Kier molecular flexibility index (Phi) is 4.86. The van der Waals surface area contributed by atoms with Gasteiger partial charge in [0.2, 0.25) is 5.43 Å². The molecule has 1 amide bonds. The van der Waals surface area contributed by atoms with Crippen LogP contribution in [0.15, 0.2) is 47.3 Å². The van der Waals surface area contributed by atoms with Gasteiger partial charge < -0.3 is 5.32 Å². The molecule has 0 unspecified atom stereocenters. The van der Waals surface area contributed by atoms with Gasteiger partial charge in [0, 0.05) is 22.2 Å². The van der Waals surface area contributed by atoms with Crippen LogP contribution in [0, 0.1) is 3.57 Å². The number of amides is 1. The van der Waals surface area contributed by atoms with Gasteiger partial charge in [-0.25, -0.2) is 0 Å². The van der Waals surface area contributed by atoms with E-state index in [4.69, 9.17) is 11.6 Å². The average molecular weight is 454 g/mol. The number of benzene rings is 2. The Morgan fingerprint density at radius 2 is 1.96 bits per heavy atom. The first-order valence-corrected chi connectivity index (χ1v) is 8.60. The van der Waals surface area contributed by atoms with Crippen molar-refractivity contribution in [2.45, 2.75) is 6.54 Å². The van der Waals surface area contributed by atoms with Crippen molar-refractivity contribution in [2.75, 3.05) is 0 Å². The lowest BCUT2D eigenvalue weighted by molar-refractivity contribution is 0.0943. The van der Waals surface area contributed by atoms with Gasteiger partial charge in [0.05, 0.1) is 10.9 Å². The van der Waals surface area contributed by atoms with Crippen LogP contribution in [0.2, 0.25) is 5.02 Å². The second-order valence-electron chi connectivity index (χ2n) is 5.27. The molecule has 0 bridgehead atoms. The van der Waals surface area contributed by atoms with E-state index >= 15 is 0 Å². The summed E-state index contributed by atoms with van der Waals surface area (Å²) >= 11 is 7.97. The fraction of sp³-hybridized carbons (Fsp3) is 0.118. The topological polar surface area (TPSA) is 64.0 Å². The number of halogens is 2. The van der Waals surface area contributed by atoms with Crippen LogP contribution >= 0.6 is 34.2 Å². The number of hydrogen-bond donors (Lipinski definition) is 1. The highest BCUT2D eigenvalue weighted by molar-refractivity contribution is 14.1. The van der Waals surface area contributed by atoms with E-state index in [0.717, 1.165) is 9.13 Å². The van der Waals surface area contributed by atoms with Gasteiger partial charge in [-0.2, -0.15) is 5.10 Å². The van der Waals surface area contributed by atoms with E-state index in [0.29, 0.717) is 22.5 Å². The van der Waals surface area contributed by atoms with Crippen molar-refractivity contribution in [1.82, 2.24) is 15.1 Å². The van der Waals surface area contributed by atoms with Crippen LogP contribution in [0.5, 0.6) is 0 Å². The zero-order valence-electron chi connectivity index (χ0n) is 12.7. The number of nitrogens with one attached hydrogen (secondary N) is 1. The predicted molar refractivity (Wildman–Crippen MR) is 102 cm³/mol. The minimum atomic E-state index is -0.494. The number of fused-ring (bicyclic) bond motifs is 1. The van der Waals surface area contributed by atoms with Gasteiger partial charge in [0.25, 0.3) is 5.91 Å². The summed E-state index contributed by atoms with van der Waals surface area (Å²) in [6, 6.07) is 12.6. The lowest BCUT2D eigenvalue weighted by atomic mass is 10.2. The maximum Gasteiger partial charge on any atom is 0.276 e. The number of nitrogens with zero attached hydrogens (tertiary/aromatic N) is 2. The monoisotopic (exact) mass is 453 g/mol. The molecule has 24 heavy (non-hydrogen) atoms. The SMILES string of the molecule is Cn1nc(C(=O)NCc2ccc(Cl)cc2)c(=O)c2cc(I)ccc21. The third kappa shape index (κ3) is 3.44. The molecule has 0 saturated carbocycles. The molecular formula is C17H13ClIN3O2. The summed E-state index contributed by atoms with van der Waals surface area (Å²) in [5.74, 6) is -0.494. The van der Waals surface area contributed by atoms with E-state index in [2.05, 4.69) is 33.0 Å². The number of hydrogen-bond acceptors (Lipinski definition) is 3. The van der Waals surface area contributed by atoms with E-state index < -0.39 is 5.91 Å². The van der Waals surface area contributed by atoms with Gasteiger partial charge in [-0.05, 0) is 58.5 Å². The Balaban J connectivity index is 1.91. The van der Waals surface area contributed by atoms with Crippen LogP contribution in [0.25, 0.3) is 10.9 Å². The van der Waals surface area contributed by atoms with Crippen LogP contribution in [0.1, 0.15) is 16.1 Å². The van der Waals surface area contributed by atoms with Crippen molar-refractivity contribution in [3.63, 3.8) is 0 Å². The quantitative estimate of drug-likeness (QED) is 0.620. The van der Waals surface area contributed by atoms with Crippen LogP contribution in [0.4, 0.5) is 0 Å². The third-order valence-electron chi connectivity index (χ3n) is 3.60. The first-order chi connectivity index (χ1) is 11.5. The predicted octanol–water partition coefficient (Wildman–Crippen LogP) is 3.12. The van der Waals surface area contributed by atoms with Crippen molar-refractivity contribution in [1.29, 1.82) is 0 Å². The largest absolute Gasteiger partial charge is 0.346 e. The molecule has 0 aliphatic rings. The standard InChI is InChI=1S/C17H13ClIN3O2/c1-22-14-7-6-12(19)8-13(14)16(23)15(21-22)17(24)20-9-10-2-4-11(18)5-3-10/h2-8H,9H2,1H3,(H,20,24). The number of aromatic nitrogens is 2. The molecule has 0 spiro atoms. The maximum atomic E-state index is 12.6. The van der Waals surface area contributed by atoms with Crippen LogP contribution < -0.4 is 10.7 Å². The molecular weight excluding hydrogens is 441 g/mol. The lowest BCUT2D eigenvalue weighted by Gasteiger charge is -2.09. The second kappa shape index (κ2) is 6.90. The average Bonchev–Trinajstić information content (AvgIpc) is 2.57. The van der Waals surface area contributed by atoms with Gasteiger partial charge in [0.15, 0.2) is 5.69 Å². The smallest absolute Gasteiger partial charge is 0.276 e. The van der Waals surface area contributed by atoms with Gasteiger partial charge in [-0.3, -0.25) is 14.3 Å². The molecule has 0 saturated heterocycles. The van der Waals surface area contributed by atoms with Gasteiger partial charge in [0.1, 0.15) is 0 Å². The Labute approximate surface area is 156 Å². The molecule has 1 aromatic heterocycles. The summed E-state index contributed by atoms with van der Waals surface area (Å²) in [5, 5.41) is 7.96. The van der Waals surface area contributed by atoms with Crippen LogP contribution in [-0.2, 0) is 13.6 Å². The Morgan fingerprint density at radius 3 is 2.67 bits per heavy atom. The molecule has 122 valence electrons. The van der Waals surface area contributed by atoms with E-state index in [9.17, 15) is 9.59 Å². The molecule has 3 rings (SSSR count). The van der Waals surface area contributed by atoms with Crippen molar-refractivity contribution in [2.24, 2.45) is 7.05 Å². The molecule has 0 aliphatic heterocycles. The van der Waals surface area contributed by atoms with Crippen LogP contribution in [-0.4, -0.2) is 15.7 Å². The lowest BCUT2D eigenvalue weighted by Crippen LogP contribution is -2.31. The first kappa shape index (κ1) is 16.9. The van der Waals surface area contributed by atoms with Gasteiger partial charge >= 0.3 is 0 Å². The summed E-state index contributed by atoms with van der Waals surface area (Å²) in [7, 11) is 1.71. The summed E-state index contributed by atoms with van der Waals surface area (Å²) in [6.07, 6.45) is 0. The minimum Gasteiger partial charge on any atom is -0.346 e. The molecule has 7 heteroatoms. The summed E-state index contributed by atoms with van der Waals surface area (Å²) < 4.78 is 2.47. The van der Waals surface area contributed by atoms with Crippen LogP contribution in [0.3, 0.4) is 0 Å². The molecule has 5 nitrogen and oxygen atoms in total. The van der Waals surface area contributed by atoms with Gasteiger partial charge in [-0.15, -0.1) is 0 Å². The minimum absolute atomic E-state index is 0.110. The molecule has 0 radical (unpaired) electrons. The molecule has 3 aromatic rings. The highest BCUT2D eigenvalue weighted by Crippen LogP contribution is 2.14. The van der Waals surface area contributed by atoms with Crippen molar-refractivity contribution in [3.8, 4) is 0 Å². The Hall–Kier alpha value is -1.93. The highest BCUT2D eigenvalue weighted by Gasteiger charge is 2.16. The van der Waals surface area contributed by atoms with Crippen molar-refractivity contribution >= 4 is 51.0 Å². The molecule has 0 fully saturated rings. The molecule has 1 heterocycles. The zero-order chi connectivity index (χ0) is 17.3. The fourth-order valence-electron chi connectivity index (χ4n) is 2.37. The third-order valence-corrected chi connectivity index (χ3v) is 4.52. The van der Waals surface area contributed by atoms with E-state index in [1.807, 2.05) is 24.3 Å².